The van der Waals surface area contributed by atoms with Gasteiger partial charge < -0.3 is 53.4 Å². The Labute approximate surface area is 244 Å². The number of aliphatic hydroxyl groups excluding tert-OH is 2. The van der Waals surface area contributed by atoms with Crippen LogP contribution in [0.4, 0.5) is 0 Å². The summed E-state index contributed by atoms with van der Waals surface area (Å²) in [5, 5.41) is 23.9. The monoisotopic (exact) mass is 657 g/mol. The van der Waals surface area contributed by atoms with Gasteiger partial charge in [-0.1, -0.05) is 15.9 Å². The van der Waals surface area contributed by atoms with E-state index in [0.717, 1.165) is 27.7 Å². The van der Waals surface area contributed by atoms with Gasteiger partial charge in [0.1, 0.15) is 37.1 Å². The SMILES string of the molecule is CC(=O)N[C@H]1[C@@H](OCCBr)O[C@H](CO)[C@H](O)[C@@H]1O[C@@H]1O[C@H](COC(C)=O)[C@H](OC(C)=O)[C@H](OC(C)=O)[C@H]1OC(C)=O. The Morgan fingerprint density at radius 2 is 1.34 bits per heavy atom. The minimum absolute atomic E-state index is 0.112. The van der Waals surface area contributed by atoms with Crippen molar-refractivity contribution >= 4 is 45.7 Å². The van der Waals surface area contributed by atoms with E-state index in [0.29, 0.717) is 5.33 Å². The molecule has 0 saturated carbocycles. The van der Waals surface area contributed by atoms with E-state index in [-0.39, 0.29) is 6.61 Å². The van der Waals surface area contributed by atoms with Gasteiger partial charge in [0.25, 0.3) is 0 Å². The fourth-order valence-electron chi connectivity index (χ4n) is 4.37. The van der Waals surface area contributed by atoms with Crippen LogP contribution < -0.4 is 5.32 Å². The van der Waals surface area contributed by atoms with Crippen molar-refractivity contribution in [3.63, 3.8) is 0 Å². The van der Waals surface area contributed by atoms with E-state index in [9.17, 15) is 34.2 Å². The van der Waals surface area contributed by atoms with Crippen molar-refractivity contribution in [2.24, 2.45) is 0 Å². The number of rotatable bonds is 12. The maximum atomic E-state index is 12.1. The topological polar surface area (TPSA) is 212 Å². The molecule has 2 rings (SSSR count). The number of alkyl halides is 1. The van der Waals surface area contributed by atoms with Crippen molar-refractivity contribution < 1.29 is 72.1 Å². The van der Waals surface area contributed by atoms with E-state index in [4.69, 9.17) is 37.9 Å². The lowest BCUT2D eigenvalue weighted by atomic mass is 9.95. The van der Waals surface area contributed by atoms with Gasteiger partial charge in [-0.25, -0.2) is 0 Å². The Morgan fingerprint density at radius 1 is 0.780 bits per heavy atom. The standard InChI is InChI=1S/C24H36BrNO15/c1-10(28)26-17-20(18(33)15(8-27)39-23(17)34-7-6-25)41-24-22(38-14(5)32)21(37-13(4)31)19(36-12(3)30)16(40-24)9-35-11(2)29/h15-24,27,33H,6-9H2,1-5H3,(H,26,28)/t15-,16-,17-,18+,19+,20-,21+,22-,23+,24+/m1/s1. The van der Waals surface area contributed by atoms with Crippen LogP contribution in [0.15, 0.2) is 0 Å². The normalized spacial score (nSPS) is 33.3. The number of esters is 4. The van der Waals surface area contributed by atoms with Crippen molar-refractivity contribution in [3.8, 4) is 0 Å². The second-order valence-electron chi connectivity index (χ2n) is 9.17. The van der Waals surface area contributed by atoms with E-state index in [2.05, 4.69) is 21.2 Å². The Hall–Kier alpha value is -2.41. The van der Waals surface area contributed by atoms with Gasteiger partial charge in [-0.05, 0) is 0 Å². The van der Waals surface area contributed by atoms with E-state index in [1.54, 1.807) is 0 Å². The van der Waals surface area contributed by atoms with Gasteiger partial charge in [-0.2, -0.15) is 0 Å². The third-order valence-electron chi connectivity index (χ3n) is 5.82. The molecular formula is C24H36BrNO15. The van der Waals surface area contributed by atoms with Crippen LogP contribution in [0, 0.1) is 0 Å². The smallest absolute Gasteiger partial charge is 0.303 e. The molecule has 2 fully saturated rings. The van der Waals surface area contributed by atoms with E-state index in [1.807, 2.05) is 0 Å². The lowest BCUT2D eigenvalue weighted by Gasteiger charge is -2.48. The van der Waals surface area contributed by atoms with E-state index >= 15 is 0 Å². The molecule has 3 N–H and O–H groups in total. The number of halogens is 1. The second kappa shape index (κ2) is 16.3. The molecule has 0 aromatic rings. The summed E-state index contributed by atoms with van der Waals surface area (Å²) in [4.78, 5) is 59.8. The number of carbonyl (C=O) groups is 5. The number of hydrogen-bond acceptors (Lipinski definition) is 15. The fraction of sp³-hybridized carbons (Fsp3) is 0.792. The third-order valence-corrected chi connectivity index (χ3v) is 6.15. The maximum Gasteiger partial charge on any atom is 0.303 e. The van der Waals surface area contributed by atoms with Crippen LogP contribution in [0.25, 0.3) is 0 Å². The number of amides is 1. The van der Waals surface area contributed by atoms with Gasteiger partial charge in [-0.15, -0.1) is 0 Å². The summed E-state index contributed by atoms with van der Waals surface area (Å²) in [6.07, 6.45) is -13.0. The van der Waals surface area contributed by atoms with E-state index in [1.165, 1.54) is 6.92 Å². The van der Waals surface area contributed by atoms with Gasteiger partial charge in [-0.3, -0.25) is 24.0 Å². The molecule has 0 unspecified atom stereocenters. The van der Waals surface area contributed by atoms with E-state index < -0.39 is 104 Å². The lowest BCUT2D eigenvalue weighted by molar-refractivity contribution is -0.346. The number of carbonyl (C=O) groups excluding carboxylic acids is 5. The predicted molar refractivity (Wildman–Crippen MR) is 136 cm³/mol. The van der Waals surface area contributed by atoms with Crippen molar-refractivity contribution in [3.05, 3.63) is 0 Å². The summed E-state index contributed by atoms with van der Waals surface area (Å²) < 4.78 is 44.5. The largest absolute Gasteiger partial charge is 0.463 e. The Kier molecular flexibility index (Phi) is 13.8. The highest BCUT2D eigenvalue weighted by molar-refractivity contribution is 9.09. The highest BCUT2D eigenvalue weighted by Crippen LogP contribution is 2.33. The molecule has 0 aromatic heterocycles. The predicted octanol–water partition coefficient (Wildman–Crippen LogP) is -1.55. The summed E-state index contributed by atoms with van der Waals surface area (Å²) in [7, 11) is 0. The zero-order valence-electron chi connectivity index (χ0n) is 23.2. The van der Waals surface area contributed by atoms with Gasteiger partial charge >= 0.3 is 23.9 Å². The molecule has 0 aliphatic carbocycles. The molecule has 1 amide bonds. The van der Waals surface area contributed by atoms with Gasteiger partial charge in [0.15, 0.2) is 30.9 Å². The van der Waals surface area contributed by atoms with Crippen LogP contribution in [-0.2, 0) is 61.9 Å². The van der Waals surface area contributed by atoms with Crippen LogP contribution in [0.3, 0.4) is 0 Å². The first-order valence-electron chi connectivity index (χ1n) is 12.6. The number of nitrogens with one attached hydrogen (secondary N) is 1. The fourth-order valence-corrected chi connectivity index (χ4v) is 4.56. The summed E-state index contributed by atoms with van der Waals surface area (Å²) in [5.74, 6) is -3.77. The second-order valence-corrected chi connectivity index (χ2v) is 9.96. The Balaban J connectivity index is 2.57. The summed E-state index contributed by atoms with van der Waals surface area (Å²) in [5.41, 5.74) is 0. The molecule has 41 heavy (non-hydrogen) atoms. The first kappa shape index (κ1) is 34.8. The van der Waals surface area contributed by atoms with Crippen LogP contribution in [0.1, 0.15) is 34.6 Å². The summed E-state index contributed by atoms with van der Waals surface area (Å²) in [6.45, 7) is 4.48. The molecule has 234 valence electrons. The first-order chi connectivity index (χ1) is 19.3. The number of aliphatic hydroxyl groups is 2. The minimum atomic E-state index is -1.67. The average molecular weight is 658 g/mol. The number of ether oxygens (including phenoxy) is 8. The highest BCUT2D eigenvalue weighted by atomic mass is 79.9. The molecule has 2 heterocycles. The van der Waals surface area contributed by atoms with Crippen LogP contribution in [0.2, 0.25) is 0 Å². The molecule has 2 aliphatic heterocycles. The van der Waals surface area contributed by atoms with Crippen molar-refractivity contribution in [2.75, 3.05) is 25.2 Å². The van der Waals surface area contributed by atoms with Crippen LogP contribution >= 0.6 is 15.9 Å². The molecule has 16 nitrogen and oxygen atoms in total. The van der Waals surface area contributed by atoms with Gasteiger partial charge in [0.2, 0.25) is 5.91 Å². The first-order valence-corrected chi connectivity index (χ1v) is 13.8. The molecule has 0 aromatic carbocycles. The molecule has 0 bridgehead atoms. The molecule has 0 radical (unpaired) electrons. The maximum absolute atomic E-state index is 12.1. The Bertz CT molecular complexity index is 935. The van der Waals surface area contributed by atoms with Gasteiger partial charge in [0.05, 0.1) is 13.2 Å². The third kappa shape index (κ3) is 10.1. The number of hydrogen-bond donors (Lipinski definition) is 3. The molecule has 0 spiro atoms. The van der Waals surface area contributed by atoms with Crippen molar-refractivity contribution in [2.45, 2.75) is 96.0 Å². The quantitative estimate of drug-likeness (QED) is 0.123. The molecule has 17 heteroatoms. The summed E-state index contributed by atoms with van der Waals surface area (Å²) in [6, 6.07) is -1.18. The Morgan fingerprint density at radius 3 is 1.85 bits per heavy atom. The zero-order chi connectivity index (χ0) is 30.9. The molecule has 10 atom stereocenters. The molecule has 2 saturated heterocycles. The molecule has 2 aliphatic rings. The van der Waals surface area contributed by atoms with Gasteiger partial charge in [0, 0.05) is 39.9 Å². The van der Waals surface area contributed by atoms with Crippen molar-refractivity contribution in [1.29, 1.82) is 0 Å². The molecular weight excluding hydrogens is 622 g/mol. The van der Waals surface area contributed by atoms with Crippen LogP contribution in [-0.4, -0.2) is 126 Å². The highest BCUT2D eigenvalue weighted by Gasteiger charge is 2.56. The lowest BCUT2D eigenvalue weighted by Crippen LogP contribution is -2.69. The van der Waals surface area contributed by atoms with Crippen LogP contribution in [0.5, 0.6) is 0 Å². The zero-order valence-corrected chi connectivity index (χ0v) is 24.8. The minimum Gasteiger partial charge on any atom is -0.463 e. The summed E-state index contributed by atoms with van der Waals surface area (Å²) >= 11 is 3.22. The average Bonchev–Trinajstić information content (AvgIpc) is 2.86. The van der Waals surface area contributed by atoms with Crippen molar-refractivity contribution in [1.82, 2.24) is 5.32 Å².